The van der Waals surface area contributed by atoms with E-state index in [4.69, 9.17) is 5.73 Å². The third kappa shape index (κ3) is 4.52. The van der Waals surface area contributed by atoms with Gasteiger partial charge in [-0.05, 0) is 43.4 Å². The summed E-state index contributed by atoms with van der Waals surface area (Å²) < 4.78 is 13.2. The summed E-state index contributed by atoms with van der Waals surface area (Å²) in [5, 5.41) is 9.81. The Hall–Kier alpha value is -0.800. The van der Waals surface area contributed by atoms with Crippen LogP contribution in [0.1, 0.15) is 43.9 Å². The Morgan fingerprint density at radius 2 is 1.88 bits per heavy atom. The van der Waals surface area contributed by atoms with Crippen LogP contribution in [0.25, 0.3) is 0 Å². The molecule has 0 spiro atoms. The van der Waals surface area contributed by atoms with Crippen molar-refractivity contribution in [2.24, 2.45) is 11.7 Å². The van der Waals surface area contributed by atoms with Gasteiger partial charge in [0.15, 0.2) is 0 Å². The molecule has 1 rings (SSSR count). The summed E-state index contributed by atoms with van der Waals surface area (Å²) in [5.41, 5.74) is 7.00. The fourth-order valence-electron chi connectivity index (χ4n) is 1.71. The minimum absolute atomic E-state index is 0. The van der Waals surface area contributed by atoms with E-state index in [0.717, 1.165) is 12.8 Å². The van der Waals surface area contributed by atoms with Crippen molar-refractivity contribution in [3.8, 4) is 5.75 Å². The smallest absolute Gasteiger partial charge is 0.124 e. The van der Waals surface area contributed by atoms with Crippen LogP contribution in [-0.4, -0.2) is 5.11 Å². The van der Waals surface area contributed by atoms with Gasteiger partial charge in [-0.1, -0.05) is 13.8 Å². The minimum Gasteiger partial charge on any atom is -0.507 e. The first-order valence-corrected chi connectivity index (χ1v) is 5.66. The van der Waals surface area contributed by atoms with Crippen LogP contribution in [0.2, 0.25) is 0 Å². The molecule has 0 bridgehead atoms. The molecule has 0 saturated heterocycles. The first-order chi connectivity index (χ1) is 7.41. The quantitative estimate of drug-likeness (QED) is 0.868. The maximum absolute atomic E-state index is 13.2. The Bertz CT molecular complexity index is 369. The molecule has 0 fully saturated rings. The molecule has 3 N–H and O–H groups in total. The van der Waals surface area contributed by atoms with E-state index in [1.54, 1.807) is 6.92 Å². The molecule has 0 heterocycles. The van der Waals surface area contributed by atoms with Crippen molar-refractivity contribution in [2.75, 3.05) is 0 Å². The number of hydrogen-bond donors (Lipinski definition) is 2. The molecular formula is C13H21ClFNO. The number of nitrogens with two attached hydrogens (primary N) is 1. The Morgan fingerprint density at radius 1 is 1.29 bits per heavy atom. The molecule has 98 valence electrons. The summed E-state index contributed by atoms with van der Waals surface area (Å²) in [7, 11) is 0. The highest BCUT2D eigenvalue weighted by Crippen LogP contribution is 2.30. The number of aryl methyl sites for hydroxylation is 1. The third-order valence-corrected chi connectivity index (χ3v) is 2.75. The molecule has 0 aliphatic rings. The molecule has 0 aromatic heterocycles. The first-order valence-electron chi connectivity index (χ1n) is 5.66. The van der Waals surface area contributed by atoms with Gasteiger partial charge in [0, 0.05) is 11.6 Å². The lowest BCUT2D eigenvalue weighted by Crippen LogP contribution is -2.12. The summed E-state index contributed by atoms with van der Waals surface area (Å²) in [6.45, 7) is 5.91. The Morgan fingerprint density at radius 3 is 2.41 bits per heavy atom. The van der Waals surface area contributed by atoms with Gasteiger partial charge in [-0.2, -0.15) is 0 Å². The largest absolute Gasteiger partial charge is 0.507 e. The number of halogens is 2. The second-order valence-corrected chi connectivity index (χ2v) is 4.74. The summed E-state index contributed by atoms with van der Waals surface area (Å²) in [4.78, 5) is 0. The van der Waals surface area contributed by atoms with E-state index in [0.29, 0.717) is 17.0 Å². The van der Waals surface area contributed by atoms with E-state index in [1.165, 1.54) is 12.1 Å². The SMILES string of the molecule is Cc1cc(F)cc([C@@H](N)CCC(C)C)c1O.Cl. The van der Waals surface area contributed by atoms with Gasteiger partial charge in [-0.3, -0.25) is 0 Å². The molecule has 1 aromatic rings. The zero-order valence-electron chi connectivity index (χ0n) is 10.5. The average molecular weight is 262 g/mol. The van der Waals surface area contributed by atoms with Crippen LogP contribution in [-0.2, 0) is 0 Å². The fourth-order valence-corrected chi connectivity index (χ4v) is 1.71. The molecule has 0 amide bonds. The lowest BCUT2D eigenvalue weighted by Gasteiger charge is -2.16. The van der Waals surface area contributed by atoms with Gasteiger partial charge in [0.2, 0.25) is 0 Å². The summed E-state index contributed by atoms with van der Waals surface area (Å²) in [6, 6.07) is 2.35. The van der Waals surface area contributed by atoms with Crippen molar-refractivity contribution in [1.29, 1.82) is 0 Å². The van der Waals surface area contributed by atoms with E-state index >= 15 is 0 Å². The maximum atomic E-state index is 13.2. The Labute approximate surface area is 108 Å². The van der Waals surface area contributed by atoms with E-state index in [-0.39, 0.29) is 30.0 Å². The Kier molecular flexibility index (Phi) is 6.50. The van der Waals surface area contributed by atoms with Crippen LogP contribution in [0.5, 0.6) is 5.75 Å². The van der Waals surface area contributed by atoms with Crippen LogP contribution < -0.4 is 5.73 Å². The molecular weight excluding hydrogens is 241 g/mol. The second kappa shape index (κ2) is 6.82. The summed E-state index contributed by atoms with van der Waals surface area (Å²) in [6.07, 6.45) is 1.73. The number of phenolic OH excluding ortho intramolecular Hbond substituents is 1. The van der Waals surface area contributed by atoms with E-state index < -0.39 is 0 Å². The Balaban J connectivity index is 0.00000256. The molecule has 0 saturated carbocycles. The highest BCUT2D eigenvalue weighted by atomic mass is 35.5. The maximum Gasteiger partial charge on any atom is 0.124 e. The van der Waals surface area contributed by atoms with Crippen molar-refractivity contribution in [3.63, 3.8) is 0 Å². The van der Waals surface area contributed by atoms with E-state index in [9.17, 15) is 9.50 Å². The lowest BCUT2D eigenvalue weighted by molar-refractivity contribution is 0.441. The predicted octanol–water partition coefficient (Wildman–Crippen LogP) is 3.70. The highest BCUT2D eigenvalue weighted by molar-refractivity contribution is 5.85. The van der Waals surface area contributed by atoms with Crippen LogP contribution in [0.3, 0.4) is 0 Å². The van der Waals surface area contributed by atoms with Crippen molar-refractivity contribution >= 4 is 12.4 Å². The van der Waals surface area contributed by atoms with Gasteiger partial charge < -0.3 is 10.8 Å². The normalized spacial score (nSPS) is 12.4. The van der Waals surface area contributed by atoms with Gasteiger partial charge in [-0.25, -0.2) is 4.39 Å². The van der Waals surface area contributed by atoms with Crippen LogP contribution in [0.4, 0.5) is 4.39 Å². The average Bonchev–Trinajstić information content (AvgIpc) is 2.19. The van der Waals surface area contributed by atoms with Crippen LogP contribution in [0, 0.1) is 18.7 Å². The predicted molar refractivity (Wildman–Crippen MR) is 71.1 cm³/mol. The van der Waals surface area contributed by atoms with Gasteiger partial charge >= 0.3 is 0 Å². The molecule has 0 radical (unpaired) electrons. The van der Waals surface area contributed by atoms with E-state index in [2.05, 4.69) is 13.8 Å². The number of phenols is 1. The van der Waals surface area contributed by atoms with Crippen molar-refractivity contribution in [3.05, 3.63) is 29.1 Å². The molecule has 1 atom stereocenters. The molecule has 0 aliphatic carbocycles. The summed E-state index contributed by atoms with van der Waals surface area (Å²) in [5.74, 6) is 0.339. The van der Waals surface area contributed by atoms with Gasteiger partial charge in [-0.15, -0.1) is 12.4 Å². The monoisotopic (exact) mass is 261 g/mol. The molecule has 1 aromatic carbocycles. The molecule has 0 aliphatic heterocycles. The minimum atomic E-state index is -0.342. The molecule has 17 heavy (non-hydrogen) atoms. The number of hydrogen-bond acceptors (Lipinski definition) is 2. The third-order valence-electron chi connectivity index (χ3n) is 2.75. The topological polar surface area (TPSA) is 46.2 Å². The number of benzene rings is 1. The van der Waals surface area contributed by atoms with E-state index in [1.807, 2.05) is 0 Å². The highest BCUT2D eigenvalue weighted by Gasteiger charge is 2.14. The molecule has 2 nitrogen and oxygen atoms in total. The van der Waals surface area contributed by atoms with Crippen molar-refractivity contribution < 1.29 is 9.50 Å². The van der Waals surface area contributed by atoms with Crippen LogP contribution >= 0.6 is 12.4 Å². The molecule has 0 unspecified atom stereocenters. The zero-order chi connectivity index (χ0) is 12.3. The molecule has 4 heteroatoms. The standard InChI is InChI=1S/C13H20FNO.ClH/c1-8(2)4-5-12(15)11-7-10(14)6-9(3)13(11)16;/h6-8,12,16H,4-5,15H2,1-3H3;1H/t12-;/m0./s1. The number of aromatic hydroxyl groups is 1. The summed E-state index contributed by atoms with van der Waals surface area (Å²) >= 11 is 0. The fraction of sp³-hybridized carbons (Fsp3) is 0.538. The first kappa shape index (κ1) is 16.2. The van der Waals surface area contributed by atoms with Crippen molar-refractivity contribution in [1.82, 2.24) is 0 Å². The van der Waals surface area contributed by atoms with Gasteiger partial charge in [0.05, 0.1) is 0 Å². The van der Waals surface area contributed by atoms with Gasteiger partial charge in [0.25, 0.3) is 0 Å². The zero-order valence-corrected chi connectivity index (χ0v) is 11.4. The van der Waals surface area contributed by atoms with Crippen LogP contribution in [0.15, 0.2) is 12.1 Å². The second-order valence-electron chi connectivity index (χ2n) is 4.74. The van der Waals surface area contributed by atoms with Crippen molar-refractivity contribution in [2.45, 2.75) is 39.7 Å². The van der Waals surface area contributed by atoms with Gasteiger partial charge in [0.1, 0.15) is 11.6 Å². The number of rotatable bonds is 4. The lowest BCUT2D eigenvalue weighted by atomic mass is 9.96.